The van der Waals surface area contributed by atoms with Crippen molar-refractivity contribution in [3.8, 4) is 0 Å². The molecule has 0 spiro atoms. The number of carbonyl (C=O) groups excluding carboxylic acids is 2. The predicted molar refractivity (Wildman–Crippen MR) is 275 cm³/mol. The van der Waals surface area contributed by atoms with Crippen LogP contribution < -0.4 is 0 Å². The Kier molecular flexibility index (Phi) is 19.7. The third kappa shape index (κ3) is 14.7. The Balaban J connectivity index is 1.07. The monoisotopic (exact) mass is 1060 g/mol. The topological polar surface area (TPSA) is 217 Å². The fourth-order valence-corrected chi connectivity index (χ4v) is 9.32. The number of carbonyl (C=O) groups is 2. The van der Waals surface area contributed by atoms with E-state index in [2.05, 4.69) is 0 Å². The second-order valence-corrected chi connectivity index (χ2v) is 19.0. The first-order chi connectivity index (χ1) is 37.6. The van der Waals surface area contributed by atoms with Crippen molar-refractivity contribution >= 4 is 11.9 Å². The summed E-state index contributed by atoms with van der Waals surface area (Å²) in [5.74, 6) is -1.45. The number of hydrogen-bond acceptors (Lipinski definition) is 17. The number of hydrogen-bond donors (Lipinski definition) is 4. The molecule has 0 saturated carbocycles. The molecule has 3 saturated heterocycles. The van der Waals surface area contributed by atoms with Crippen LogP contribution >= 0.6 is 0 Å². The number of ether oxygens (including phenoxy) is 11. The molecule has 4 N–H and O–H groups in total. The first kappa shape index (κ1) is 55.5. The minimum absolute atomic E-state index is 0.0369. The molecule has 77 heavy (non-hydrogen) atoms. The van der Waals surface area contributed by atoms with E-state index in [0.29, 0.717) is 0 Å². The highest BCUT2D eigenvalue weighted by Gasteiger charge is 2.56. The molecule has 0 aliphatic carbocycles. The summed E-state index contributed by atoms with van der Waals surface area (Å²) < 4.78 is 71.1. The van der Waals surface area contributed by atoms with Crippen molar-refractivity contribution in [2.45, 2.75) is 125 Å². The van der Waals surface area contributed by atoms with Gasteiger partial charge >= 0.3 is 11.9 Å². The van der Waals surface area contributed by atoms with Gasteiger partial charge in [0.05, 0.1) is 43.7 Å². The molecule has 3 aliphatic heterocycles. The largest absolute Gasteiger partial charge is 0.459 e. The summed E-state index contributed by atoms with van der Waals surface area (Å²) in [6, 6.07) is 54.3. The average molecular weight is 1060 g/mol. The van der Waals surface area contributed by atoms with E-state index in [1.54, 1.807) is 60.7 Å². The number of rotatable bonds is 22. The molecule has 17 nitrogen and oxygen atoms in total. The minimum atomic E-state index is -1.94. The quantitative estimate of drug-likeness (QED) is 0.0567. The highest BCUT2D eigenvalue weighted by atomic mass is 16.8. The highest BCUT2D eigenvalue weighted by Crippen LogP contribution is 2.37. The molecule has 3 fully saturated rings. The zero-order valence-corrected chi connectivity index (χ0v) is 42.3. The molecule has 0 amide bonds. The van der Waals surface area contributed by atoms with Gasteiger partial charge in [0, 0.05) is 0 Å². The zero-order valence-electron chi connectivity index (χ0n) is 42.3. The second-order valence-electron chi connectivity index (χ2n) is 19.0. The molecular weight excluding hydrogens is 993 g/mol. The number of aliphatic hydroxyl groups is 4. The molecule has 0 radical (unpaired) electrons. The molecule has 15 atom stereocenters. The van der Waals surface area contributed by atoms with Crippen molar-refractivity contribution in [3.05, 3.63) is 215 Å². The smallest absolute Gasteiger partial charge is 0.338 e. The lowest BCUT2D eigenvalue weighted by Gasteiger charge is -2.50. The first-order valence-corrected chi connectivity index (χ1v) is 25.7. The summed E-state index contributed by atoms with van der Waals surface area (Å²) in [7, 11) is 0. The van der Waals surface area contributed by atoms with Gasteiger partial charge < -0.3 is 72.5 Å². The van der Waals surface area contributed by atoms with Gasteiger partial charge in [-0.25, -0.2) is 9.59 Å². The SMILES string of the molecule is CC1O[C@@H](O[C@H]2C(O)C(OCc3ccccc3)O[C@H](COC(=O)c3ccccc3)[C@H]2OC2O[C@H](COC(=O)c3ccccc3)C(O)C(O)C2O)[C@@H](OCc2ccccc2)[C@H](OCc2ccccc2)[C@@H]1OCc1ccccc1. The van der Waals surface area contributed by atoms with Crippen LogP contribution in [0.5, 0.6) is 0 Å². The fraction of sp³-hybridized carbons (Fsp3) is 0.367. The lowest BCUT2D eigenvalue weighted by atomic mass is 9.95. The van der Waals surface area contributed by atoms with Gasteiger partial charge in [0.2, 0.25) is 0 Å². The van der Waals surface area contributed by atoms with Crippen LogP contribution in [0.3, 0.4) is 0 Å². The molecular formula is C60H64O17. The third-order valence-corrected chi connectivity index (χ3v) is 13.5. The Morgan fingerprint density at radius 1 is 0.377 bits per heavy atom. The molecule has 3 heterocycles. The van der Waals surface area contributed by atoms with Crippen LogP contribution in [0.25, 0.3) is 0 Å². The van der Waals surface area contributed by atoms with E-state index in [4.69, 9.17) is 52.1 Å². The van der Waals surface area contributed by atoms with E-state index in [9.17, 15) is 30.0 Å². The summed E-state index contributed by atoms with van der Waals surface area (Å²) in [5.41, 5.74) is 3.81. The lowest BCUT2D eigenvalue weighted by Crippen LogP contribution is -2.67. The summed E-state index contributed by atoms with van der Waals surface area (Å²) in [4.78, 5) is 26.7. The first-order valence-electron chi connectivity index (χ1n) is 25.7. The van der Waals surface area contributed by atoms with E-state index in [1.165, 1.54) is 0 Å². The highest BCUT2D eigenvalue weighted by molar-refractivity contribution is 5.89. The van der Waals surface area contributed by atoms with E-state index in [0.717, 1.165) is 22.3 Å². The zero-order chi connectivity index (χ0) is 53.5. The maximum absolute atomic E-state index is 13.6. The van der Waals surface area contributed by atoms with E-state index in [1.807, 2.05) is 128 Å². The second kappa shape index (κ2) is 27.4. The summed E-state index contributed by atoms with van der Waals surface area (Å²) in [6.07, 6.45) is -21.4. The van der Waals surface area contributed by atoms with Gasteiger partial charge in [-0.3, -0.25) is 0 Å². The molecule has 0 aromatic heterocycles. The van der Waals surface area contributed by atoms with E-state index >= 15 is 0 Å². The van der Waals surface area contributed by atoms with Crippen molar-refractivity contribution in [2.75, 3.05) is 13.2 Å². The van der Waals surface area contributed by atoms with Gasteiger partial charge in [-0.15, -0.1) is 0 Å². The molecule has 406 valence electrons. The van der Waals surface area contributed by atoms with Crippen LogP contribution in [0.2, 0.25) is 0 Å². The maximum Gasteiger partial charge on any atom is 0.338 e. The lowest BCUT2D eigenvalue weighted by molar-refractivity contribution is -0.391. The third-order valence-electron chi connectivity index (χ3n) is 13.5. The van der Waals surface area contributed by atoms with Crippen LogP contribution in [-0.2, 0) is 78.5 Å². The molecule has 0 bridgehead atoms. The normalized spacial score (nSPS) is 29.3. The van der Waals surface area contributed by atoms with Gasteiger partial charge in [0.1, 0.15) is 80.4 Å². The molecule has 3 aliphatic rings. The van der Waals surface area contributed by atoms with Gasteiger partial charge in [-0.2, -0.15) is 0 Å². The predicted octanol–water partition coefficient (Wildman–Crippen LogP) is 6.08. The molecule has 6 aromatic carbocycles. The summed E-state index contributed by atoms with van der Waals surface area (Å²) in [5, 5.41) is 46.8. The van der Waals surface area contributed by atoms with Crippen LogP contribution in [0, 0.1) is 0 Å². The van der Waals surface area contributed by atoms with Crippen LogP contribution in [0.1, 0.15) is 49.9 Å². The standard InChI is InChI=1S/C60H64O17/c1-38-51(67-32-39-20-8-2-9-21-39)54(68-33-40-22-10-3-11-23-40)55(69-34-41-24-12-4-13-25-41)60(73-38)77-53-50(64)58(72-35-42-26-14-5-15-27-42)75-46(37-71-57(66)44-30-18-7-19-31-44)52(53)76-59-49(63)48(62)47(61)45(74-59)36-70-56(65)43-28-16-6-17-29-43/h2-31,38,45-55,58-64H,32-37H2,1H3/t38?,45-,46-,47?,48?,49?,50?,51-,52-,53+,54-,55+,58?,59?,60+/m1/s1. The van der Waals surface area contributed by atoms with Gasteiger partial charge in [0.25, 0.3) is 0 Å². The van der Waals surface area contributed by atoms with Crippen LogP contribution in [-0.4, -0.2) is 138 Å². The number of benzene rings is 6. The Hall–Kier alpha value is -6.26. The summed E-state index contributed by atoms with van der Waals surface area (Å²) >= 11 is 0. The van der Waals surface area contributed by atoms with E-state index in [-0.39, 0.29) is 37.6 Å². The van der Waals surface area contributed by atoms with Crippen molar-refractivity contribution in [1.29, 1.82) is 0 Å². The van der Waals surface area contributed by atoms with Crippen molar-refractivity contribution in [2.24, 2.45) is 0 Å². The Morgan fingerprint density at radius 3 is 1.25 bits per heavy atom. The molecule has 7 unspecified atom stereocenters. The number of esters is 2. The van der Waals surface area contributed by atoms with Crippen molar-refractivity contribution < 1.29 is 82.1 Å². The van der Waals surface area contributed by atoms with Crippen LogP contribution in [0.4, 0.5) is 0 Å². The fourth-order valence-electron chi connectivity index (χ4n) is 9.32. The molecule has 6 aromatic rings. The average Bonchev–Trinajstić information content (AvgIpc) is 3.49. The van der Waals surface area contributed by atoms with Crippen molar-refractivity contribution in [3.63, 3.8) is 0 Å². The molecule has 9 rings (SSSR count). The van der Waals surface area contributed by atoms with Crippen molar-refractivity contribution in [1.82, 2.24) is 0 Å². The Morgan fingerprint density at radius 2 is 0.766 bits per heavy atom. The summed E-state index contributed by atoms with van der Waals surface area (Å²) in [6.45, 7) is 1.09. The van der Waals surface area contributed by atoms with Gasteiger partial charge in [-0.1, -0.05) is 158 Å². The van der Waals surface area contributed by atoms with Gasteiger partial charge in [-0.05, 0) is 53.4 Å². The van der Waals surface area contributed by atoms with Gasteiger partial charge in [0.15, 0.2) is 18.9 Å². The van der Waals surface area contributed by atoms with E-state index < -0.39 is 117 Å². The minimum Gasteiger partial charge on any atom is -0.459 e. The Bertz CT molecular complexity index is 2690. The number of aliphatic hydroxyl groups excluding tert-OH is 4. The molecule has 17 heteroatoms. The van der Waals surface area contributed by atoms with Crippen LogP contribution in [0.15, 0.2) is 182 Å². The Labute approximate surface area is 446 Å². The maximum atomic E-state index is 13.6.